The molecule has 0 unspecified atom stereocenters. The lowest BCUT2D eigenvalue weighted by molar-refractivity contribution is -0.122. The van der Waals surface area contributed by atoms with Crippen LogP contribution in [0.1, 0.15) is 31.2 Å². The molecule has 25 heavy (non-hydrogen) atoms. The summed E-state index contributed by atoms with van der Waals surface area (Å²) in [6.45, 7) is 0.0413. The van der Waals surface area contributed by atoms with Gasteiger partial charge >= 0.3 is 0 Å². The van der Waals surface area contributed by atoms with Crippen LogP contribution in [0.3, 0.4) is 0 Å². The van der Waals surface area contributed by atoms with Crippen LogP contribution in [0.25, 0.3) is 0 Å². The van der Waals surface area contributed by atoms with Crippen LogP contribution >= 0.6 is 0 Å². The molecule has 1 saturated carbocycles. The number of pyridine rings is 1. The third kappa shape index (κ3) is 4.79. The Bertz CT molecular complexity index is 852. The van der Waals surface area contributed by atoms with Crippen molar-refractivity contribution in [1.82, 2.24) is 20.1 Å². The maximum absolute atomic E-state index is 12.0. The van der Waals surface area contributed by atoms with Gasteiger partial charge in [0.25, 0.3) is 11.1 Å². The van der Waals surface area contributed by atoms with Crippen molar-refractivity contribution in [3.8, 4) is 5.88 Å². The van der Waals surface area contributed by atoms with Crippen molar-refractivity contribution < 1.29 is 9.53 Å². The minimum Gasteiger partial charge on any atom is -0.474 e. The van der Waals surface area contributed by atoms with E-state index in [-0.39, 0.29) is 25.1 Å². The third-order valence-electron chi connectivity index (χ3n) is 4.07. The summed E-state index contributed by atoms with van der Waals surface area (Å²) in [5.74, 6) is 0.182. The van der Waals surface area contributed by atoms with Crippen molar-refractivity contribution >= 4 is 5.91 Å². The number of nitrogens with one attached hydrogen (secondary N) is 2. The average Bonchev–Trinajstić information content (AvgIpc) is 3.10. The lowest BCUT2D eigenvalue weighted by atomic mass is 10.2. The van der Waals surface area contributed by atoms with Crippen LogP contribution in [-0.2, 0) is 17.9 Å². The highest BCUT2D eigenvalue weighted by atomic mass is 16.5. The highest BCUT2D eigenvalue weighted by Gasteiger charge is 2.17. The fourth-order valence-corrected chi connectivity index (χ4v) is 2.78. The second-order valence-electron chi connectivity index (χ2n) is 6.04. The molecule has 0 saturated heterocycles. The van der Waals surface area contributed by atoms with Crippen molar-refractivity contribution in [3.05, 3.63) is 56.7 Å². The lowest BCUT2D eigenvalue weighted by Gasteiger charge is -2.13. The number of aromatic nitrogens is 3. The number of ether oxygens (including phenoxy) is 1. The summed E-state index contributed by atoms with van der Waals surface area (Å²) < 4.78 is 6.81. The van der Waals surface area contributed by atoms with Gasteiger partial charge < -0.3 is 10.1 Å². The van der Waals surface area contributed by atoms with E-state index in [1.807, 2.05) is 0 Å². The van der Waals surface area contributed by atoms with Gasteiger partial charge in [-0.05, 0) is 37.3 Å². The maximum atomic E-state index is 12.0. The Labute approximate surface area is 143 Å². The number of hydrogen-bond donors (Lipinski definition) is 2. The summed E-state index contributed by atoms with van der Waals surface area (Å²) >= 11 is 0. The summed E-state index contributed by atoms with van der Waals surface area (Å²) in [7, 11) is 0. The molecule has 0 bridgehead atoms. The number of carbonyl (C=O) groups is 1. The lowest BCUT2D eigenvalue weighted by Crippen LogP contribution is -2.35. The van der Waals surface area contributed by atoms with E-state index in [9.17, 15) is 14.4 Å². The van der Waals surface area contributed by atoms with Gasteiger partial charge in [0.05, 0.1) is 0 Å². The highest BCUT2D eigenvalue weighted by molar-refractivity contribution is 5.75. The van der Waals surface area contributed by atoms with Crippen molar-refractivity contribution in [2.45, 2.75) is 44.9 Å². The molecule has 0 atom stereocenters. The zero-order valence-electron chi connectivity index (χ0n) is 13.7. The van der Waals surface area contributed by atoms with Crippen molar-refractivity contribution in [2.75, 3.05) is 0 Å². The van der Waals surface area contributed by atoms with E-state index in [1.54, 1.807) is 18.3 Å². The zero-order chi connectivity index (χ0) is 17.6. The monoisotopic (exact) mass is 344 g/mol. The second-order valence-corrected chi connectivity index (χ2v) is 6.04. The number of carbonyl (C=O) groups excluding carboxylic acids is 1. The van der Waals surface area contributed by atoms with Gasteiger partial charge in [0.15, 0.2) is 0 Å². The first kappa shape index (κ1) is 16.9. The molecule has 0 radical (unpaired) electrons. The first-order valence-electron chi connectivity index (χ1n) is 8.28. The van der Waals surface area contributed by atoms with Gasteiger partial charge in [-0.2, -0.15) is 0 Å². The predicted molar refractivity (Wildman–Crippen MR) is 90.3 cm³/mol. The molecule has 3 rings (SSSR count). The minimum atomic E-state index is -0.439. The van der Waals surface area contributed by atoms with Gasteiger partial charge in [0, 0.05) is 30.9 Å². The number of nitrogens with zero attached hydrogens (tertiary/aromatic N) is 2. The molecule has 0 aromatic carbocycles. The molecule has 2 heterocycles. The van der Waals surface area contributed by atoms with Gasteiger partial charge in [0.2, 0.25) is 11.8 Å². The van der Waals surface area contributed by atoms with Crippen LogP contribution < -0.4 is 21.2 Å². The molecule has 1 aliphatic rings. The smallest absolute Gasteiger partial charge is 0.265 e. The molecule has 0 spiro atoms. The van der Waals surface area contributed by atoms with E-state index in [1.165, 1.54) is 12.8 Å². The van der Waals surface area contributed by atoms with Crippen LogP contribution in [0.15, 0.2) is 40.1 Å². The molecular weight excluding hydrogens is 324 g/mol. The number of aromatic amines is 1. The molecule has 1 amide bonds. The molecule has 8 nitrogen and oxygen atoms in total. The Kier molecular flexibility index (Phi) is 5.27. The first-order chi connectivity index (χ1) is 12.1. The minimum absolute atomic E-state index is 0.221. The highest BCUT2D eigenvalue weighted by Crippen LogP contribution is 2.23. The van der Waals surface area contributed by atoms with E-state index in [2.05, 4.69) is 15.4 Å². The number of rotatable bonds is 6. The van der Waals surface area contributed by atoms with Gasteiger partial charge in [-0.15, -0.1) is 0 Å². The van der Waals surface area contributed by atoms with E-state index >= 15 is 0 Å². The van der Waals surface area contributed by atoms with Crippen LogP contribution in [0.4, 0.5) is 0 Å². The van der Waals surface area contributed by atoms with E-state index in [0.29, 0.717) is 5.88 Å². The van der Waals surface area contributed by atoms with E-state index < -0.39 is 11.1 Å². The van der Waals surface area contributed by atoms with Gasteiger partial charge in [-0.1, -0.05) is 0 Å². The summed E-state index contributed by atoms with van der Waals surface area (Å²) in [5, 5.41) is 5.02. The zero-order valence-corrected chi connectivity index (χ0v) is 13.7. The van der Waals surface area contributed by atoms with Crippen LogP contribution in [0, 0.1) is 0 Å². The van der Waals surface area contributed by atoms with Crippen molar-refractivity contribution in [3.63, 3.8) is 0 Å². The summed E-state index contributed by atoms with van der Waals surface area (Å²) in [6.07, 6.45) is 6.33. The normalized spacial score (nSPS) is 14.4. The molecule has 8 heteroatoms. The van der Waals surface area contributed by atoms with Gasteiger partial charge in [-0.3, -0.25) is 19.5 Å². The Hall–Kier alpha value is -2.90. The van der Waals surface area contributed by atoms with Crippen molar-refractivity contribution in [2.24, 2.45) is 0 Å². The largest absolute Gasteiger partial charge is 0.474 e. The topological polar surface area (TPSA) is 106 Å². The van der Waals surface area contributed by atoms with E-state index in [0.717, 1.165) is 35.2 Å². The second kappa shape index (κ2) is 7.78. The third-order valence-corrected chi connectivity index (χ3v) is 4.07. The fourth-order valence-electron chi connectivity index (χ4n) is 2.78. The molecule has 2 aromatic heterocycles. The molecule has 2 N–H and O–H groups in total. The van der Waals surface area contributed by atoms with Crippen molar-refractivity contribution in [1.29, 1.82) is 0 Å². The van der Waals surface area contributed by atoms with Gasteiger partial charge in [-0.25, -0.2) is 9.67 Å². The summed E-state index contributed by atoms with van der Waals surface area (Å²) in [4.78, 5) is 39.0. The molecular formula is C17H20N4O4. The van der Waals surface area contributed by atoms with E-state index in [4.69, 9.17) is 4.74 Å². The fraction of sp³-hybridized carbons (Fsp3) is 0.412. The number of amides is 1. The number of H-pyrrole nitrogens is 1. The predicted octanol–water partition coefficient (Wildman–Crippen LogP) is 0.569. The Morgan fingerprint density at radius 2 is 2.08 bits per heavy atom. The number of hydrogen-bond acceptors (Lipinski definition) is 5. The Morgan fingerprint density at radius 1 is 1.28 bits per heavy atom. The Balaban J connectivity index is 1.55. The van der Waals surface area contributed by atoms with Crippen LogP contribution in [0.5, 0.6) is 5.88 Å². The standard InChI is InChI=1S/C17H20N4O4/c22-14-5-6-17(24)21(20-14)11-15(23)19-10-12-7-8-18-16(9-12)25-13-3-1-2-4-13/h5-9,13H,1-4,10-11H2,(H,19,23)(H,20,22). The average molecular weight is 344 g/mol. The Morgan fingerprint density at radius 3 is 2.88 bits per heavy atom. The van der Waals surface area contributed by atoms with Crippen LogP contribution in [-0.4, -0.2) is 26.8 Å². The first-order valence-corrected chi connectivity index (χ1v) is 8.28. The summed E-state index contributed by atoms with van der Waals surface area (Å²) in [5.41, 5.74) is -0.0219. The molecule has 0 aliphatic heterocycles. The van der Waals surface area contributed by atoms with Crippen LogP contribution in [0.2, 0.25) is 0 Å². The SMILES string of the molecule is O=C(Cn1[nH]c(=O)ccc1=O)NCc1ccnc(OC2CCCC2)c1. The summed E-state index contributed by atoms with van der Waals surface area (Å²) in [6, 6.07) is 5.84. The maximum Gasteiger partial charge on any atom is 0.265 e. The molecule has 2 aromatic rings. The van der Waals surface area contributed by atoms with Gasteiger partial charge in [0.1, 0.15) is 12.6 Å². The quantitative estimate of drug-likeness (QED) is 0.797. The molecule has 1 fully saturated rings. The molecule has 1 aliphatic carbocycles. The molecule has 132 valence electrons.